The first-order valence-electron chi connectivity index (χ1n) is 7.31. The number of aryl methyl sites for hydroxylation is 1. The molecule has 0 radical (unpaired) electrons. The number of hydrogen-bond acceptors (Lipinski definition) is 3. The van der Waals surface area contributed by atoms with E-state index in [0.29, 0.717) is 5.76 Å². The van der Waals surface area contributed by atoms with Crippen molar-refractivity contribution in [1.29, 1.82) is 0 Å². The number of carbonyl (C=O) groups excluding carboxylic acids is 1. The SMILES string of the molecule is Cc1ccc(C(C)(O)CNC(=O)Cc2ccccc2C(F)(F)F)o1. The topological polar surface area (TPSA) is 62.5 Å². The summed E-state index contributed by atoms with van der Waals surface area (Å²) in [4.78, 5) is 12.0. The highest BCUT2D eigenvalue weighted by Gasteiger charge is 2.33. The minimum Gasteiger partial charge on any atom is -0.463 e. The summed E-state index contributed by atoms with van der Waals surface area (Å²) in [6, 6.07) is 8.17. The van der Waals surface area contributed by atoms with E-state index >= 15 is 0 Å². The molecule has 2 N–H and O–H groups in total. The Morgan fingerprint density at radius 3 is 2.46 bits per heavy atom. The smallest absolute Gasteiger partial charge is 0.416 e. The van der Waals surface area contributed by atoms with E-state index in [1.165, 1.54) is 25.1 Å². The van der Waals surface area contributed by atoms with Crippen LogP contribution in [-0.4, -0.2) is 17.6 Å². The van der Waals surface area contributed by atoms with Gasteiger partial charge in [-0.25, -0.2) is 0 Å². The van der Waals surface area contributed by atoms with Crippen molar-refractivity contribution >= 4 is 5.91 Å². The lowest BCUT2D eigenvalue weighted by atomic mass is 10.0. The first-order chi connectivity index (χ1) is 11.1. The number of hydrogen-bond donors (Lipinski definition) is 2. The Hall–Kier alpha value is -2.28. The fourth-order valence-corrected chi connectivity index (χ4v) is 2.27. The van der Waals surface area contributed by atoms with Crippen LogP contribution in [0.2, 0.25) is 0 Å². The van der Waals surface area contributed by atoms with Crippen LogP contribution in [0.15, 0.2) is 40.8 Å². The Bertz CT molecular complexity index is 720. The van der Waals surface area contributed by atoms with E-state index in [9.17, 15) is 23.1 Å². The third-order valence-corrected chi connectivity index (χ3v) is 3.57. The largest absolute Gasteiger partial charge is 0.463 e. The second kappa shape index (κ2) is 6.68. The molecule has 1 unspecified atom stereocenters. The molecule has 1 aromatic heterocycles. The van der Waals surface area contributed by atoms with Crippen LogP contribution in [0.1, 0.15) is 29.6 Å². The van der Waals surface area contributed by atoms with Crippen molar-refractivity contribution in [2.24, 2.45) is 0 Å². The summed E-state index contributed by atoms with van der Waals surface area (Å²) in [6.45, 7) is 2.99. The van der Waals surface area contributed by atoms with E-state index in [1.54, 1.807) is 19.1 Å². The van der Waals surface area contributed by atoms with Gasteiger partial charge < -0.3 is 14.8 Å². The highest BCUT2D eigenvalue weighted by Crippen LogP contribution is 2.32. The summed E-state index contributed by atoms with van der Waals surface area (Å²) in [5.41, 5.74) is -2.41. The molecule has 0 fully saturated rings. The molecule has 2 aromatic rings. The van der Waals surface area contributed by atoms with Crippen molar-refractivity contribution in [3.63, 3.8) is 0 Å². The van der Waals surface area contributed by atoms with Crippen molar-refractivity contribution in [1.82, 2.24) is 5.32 Å². The standard InChI is InChI=1S/C17H18F3NO3/c1-11-7-8-14(24-11)16(2,23)10-21-15(22)9-12-5-3-4-6-13(12)17(18,19)20/h3-8,23H,9-10H2,1-2H3,(H,21,22). The van der Waals surface area contributed by atoms with Crippen molar-refractivity contribution in [2.75, 3.05) is 6.54 Å². The minimum absolute atomic E-state index is 0.115. The monoisotopic (exact) mass is 341 g/mol. The second-order valence-electron chi connectivity index (χ2n) is 5.79. The Morgan fingerprint density at radius 2 is 1.88 bits per heavy atom. The van der Waals surface area contributed by atoms with Crippen LogP contribution in [0.4, 0.5) is 13.2 Å². The van der Waals surface area contributed by atoms with E-state index in [2.05, 4.69) is 5.32 Å². The van der Waals surface area contributed by atoms with Crippen molar-refractivity contribution in [3.8, 4) is 0 Å². The molecule has 0 aliphatic rings. The van der Waals surface area contributed by atoms with Crippen LogP contribution in [-0.2, 0) is 23.0 Å². The Balaban J connectivity index is 2.02. The zero-order chi connectivity index (χ0) is 18.0. The quantitative estimate of drug-likeness (QED) is 0.878. The number of alkyl halides is 3. The highest BCUT2D eigenvalue weighted by atomic mass is 19.4. The Morgan fingerprint density at radius 1 is 1.21 bits per heavy atom. The number of aliphatic hydroxyl groups is 1. The van der Waals surface area contributed by atoms with Crippen LogP contribution in [0, 0.1) is 6.92 Å². The lowest BCUT2D eigenvalue weighted by Gasteiger charge is -2.21. The molecule has 4 nitrogen and oxygen atoms in total. The molecule has 0 aliphatic heterocycles. The molecule has 0 bridgehead atoms. The van der Waals surface area contributed by atoms with Gasteiger partial charge in [-0.15, -0.1) is 0 Å². The van der Waals surface area contributed by atoms with Gasteiger partial charge in [0.15, 0.2) is 0 Å². The predicted molar refractivity (Wildman–Crippen MR) is 81.2 cm³/mol. The number of furan rings is 1. The molecule has 0 spiro atoms. The van der Waals surface area contributed by atoms with Gasteiger partial charge in [-0.2, -0.15) is 13.2 Å². The summed E-state index contributed by atoms with van der Waals surface area (Å²) in [5.74, 6) is 0.266. The van der Waals surface area contributed by atoms with Gasteiger partial charge in [0.1, 0.15) is 17.1 Å². The Labute approximate surface area is 137 Å². The summed E-state index contributed by atoms with van der Waals surface area (Å²) < 4.78 is 44.1. The van der Waals surface area contributed by atoms with Gasteiger partial charge in [0, 0.05) is 0 Å². The molecular weight excluding hydrogens is 323 g/mol. The average molecular weight is 341 g/mol. The summed E-state index contributed by atoms with van der Waals surface area (Å²) in [7, 11) is 0. The number of amides is 1. The molecule has 1 heterocycles. The molecule has 1 aromatic carbocycles. The fraction of sp³-hybridized carbons (Fsp3) is 0.353. The molecule has 24 heavy (non-hydrogen) atoms. The van der Waals surface area contributed by atoms with Crippen LogP contribution in [0.25, 0.3) is 0 Å². The number of halogens is 3. The zero-order valence-corrected chi connectivity index (χ0v) is 13.3. The van der Waals surface area contributed by atoms with Gasteiger partial charge >= 0.3 is 6.18 Å². The van der Waals surface area contributed by atoms with E-state index in [1.807, 2.05) is 0 Å². The molecule has 0 saturated heterocycles. The molecule has 130 valence electrons. The number of benzene rings is 1. The second-order valence-corrected chi connectivity index (χ2v) is 5.79. The van der Waals surface area contributed by atoms with Gasteiger partial charge in [-0.1, -0.05) is 18.2 Å². The maximum absolute atomic E-state index is 12.9. The maximum Gasteiger partial charge on any atom is 0.416 e. The van der Waals surface area contributed by atoms with Gasteiger partial charge in [-0.05, 0) is 37.6 Å². The fourth-order valence-electron chi connectivity index (χ4n) is 2.27. The molecule has 0 aliphatic carbocycles. The number of carbonyl (C=O) groups is 1. The zero-order valence-electron chi connectivity index (χ0n) is 13.3. The lowest BCUT2D eigenvalue weighted by molar-refractivity contribution is -0.138. The molecule has 7 heteroatoms. The molecule has 2 rings (SSSR count). The third kappa shape index (κ3) is 4.38. The van der Waals surface area contributed by atoms with Crippen LogP contribution < -0.4 is 5.32 Å². The highest BCUT2D eigenvalue weighted by molar-refractivity contribution is 5.79. The van der Waals surface area contributed by atoms with E-state index < -0.39 is 29.7 Å². The first kappa shape index (κ1) is 18.1. The normalized spacial score (nSPS) is 14.2. The van der Waals surface area contributed by atoms with Gasteiger partial charge in [0.05, 0.1) is 18.5 Å². The van der Waals surface area contributed by atoms with Crippen LogP contribution >= 0.6 is 0 Å². The maximum atomic E-state index is 12.9. The van der Waals surface area contributed by atoms with Crippen LogP contribution in [0.5, 0.6) is 0 Å². The summed E-state index contributed by atoms with van der Waals surface area (Å²) in [6.07, 6.45) is -4.95. The van der Waals surface area contributed by atoms with Crippen molar-refractivity contribution in [2.45, 2.75) is 32.0 Å². The first-order valence-corrected chi connectivity index (χ1v) is 7.31. The minimum atomic E-state index is -4.52. The number of rotatable bonds is 5. The molecular formula is C17H18F3NO3. The molecule has 1 amide bonds. The molecule has 0 saturated carbocycles. The van der Waals surface area contributed by atoms with Crippen molar-refractivity contribution < 1.29 is 27.5 Å². The average Bonchev–Trinajstić information content (AvgIpc) is 2.92. The van der Waals surface area contributed by atoms with Gasteiger partial charge in [0.2, 0.25) is 5.91 Å². The Kier molecular flexibility index (Phi) is 5.03. The predicted octanol–water partition coefficient (Wildman–Crippen LogP) is 3.17. The summed E-state index contributed by atoms with van der Waals surface area (Å²) >= 11 is 0. The number of nitrogens with one attached hydrogen (secondary N) is 1. The van der Waals surface area contributed by atoms with E-state index in [-0.39, 0.29) is 17.9 Å². The van der Waals surface area contributed by atoms with Crippen LogP contribution in [0.3, 0.4) is 0 Å². The van der Waals surface area contributed by atoms with Gasteiger partial charge in [0.25, 0.3) is 0 Å². The molecule has 1 atom stereocenters. The van der Waals surface area contributed by atoms with E-state index in [0.717, 1.165) is 6.07 Å². The van der Waals surface area contributed by atoms with Crippen molar-refractivity contribution in [3.05, 3.63) is 59.0 Å². The lowest BCUT2D eigenvalue weighted by Crippen LogP contribution is -2.39. The third-order valence-electron chi connectivity index (χ3n) is 3.57. The van der Waals surface area contributed by atoms with Gasteiger partial charge in [-0.3, -0.25) is 4.79 Å². The van der Waals surface area contributed by atoms with E-state index in [4.69, 9.17) is 4.42 Å². The summed E-state index contributed by atoms with van der Waals surface area (Å²) in [5, 5.41) is 12.8.